The highest BCUT2D eigenvalue weighted by atomic mass is 32.2. The molecule has 0 aliphatic heterocycles. The molecule has 0 saturated carbocycles. The summed E-state index contributed by atoms with van der Waals surface area (Å²) in [6, 6.07) is 17.3. The molecule has 5 nitrogen and oxygen atoms in total. The van der Waals surface area contributed by atoms with Crippen molar-refractivity contribution in [3.05, 3.63) is 71.8 Å². The second-order valence-corrected chi connectivity index (χ2v) is 7.55. The number of esters is 1. The van der Waals surface area contributed by atoms with E-state index in [1.165, 1.54) is 6.07 Å². The molecule has 3 aromatic carbocycles. The fourth-order valence-electron chi connectivity index (χ4n) is 2.66. The van der Waals surface area contributed by atoms with E-state index in [1.807, 2.05) is 24.3 Å². The smallest absolute Gasteiger partial charge is 0.338 e. The van der Waals surface area contributed by atoms with Crippen molar-refractivity contribution >= 4 is 32.5 Å². The number of aryl methyl sites for hydroxylation is 1. The van der Waals surface area contributed by atoms with Crippen LogP contribution in [0.15, 0.2) is 65.6 Å². The van der Waals surface area contributed by atoms with Gasteiger partial charge in [0.2, 0.25) is 0 Å². The Morgan fingerprint density at radius 3 is 2.46 bits per heavy atom. The number of nitrogens with one attached hydrogen (secondary N) is 1. The average molecular weight is 369 g/mol. The zero-order chi connectivity index (χ0) is 18.7. The van der Waals surface area contributed by atoms with Gasteiger partial charge in [-0.15, -0.1) is 0 Å². The number of benzene rings is 3. The van der Waals surface area contributed by atoms with Crippen LogP contribution < -0.4 is 4.72 Å². The molecule has 0 aromatic heterocycles. The number of sulfonamides is 1. The predicted octanol–water partition coefficient (Wildman–Crippen LogP) is 4.13. The standard InChI is InChI=1S/C20H19NO4S/c1-3-25-20(22)19-13-17(10-8-14(19)2)21-26(23,24)18-11-9-15-6-4-5-7-16(15)12-18/h4-13,21H,3H2,1-2H3. The van der Waals surface area contributed by atoms with Crippen molar-refractivity contribution < 1.29 is 17.9 Å². The van der Waals surface area contributed by atoms with E-state index in [4.69, 9.17) is 4.74 Å². The number of carbonyl (C=O) groups excluding carboxylic acids is 1. The summed E-state index contributed by atoms with van der Waals surface area (Å²) in [5.74, 6) is -0.475. The molecule has 0 saturated heterocycles. The highest BCUT2D eigenvalue weighted by Gasteiger charge is 2.17. The zero-order valence-electron chi connectivity index (χ0n) is 14.5. The van der Waals surface area contributed by atoms with Gasteiger partial charge in [-0.25, -0.2) is 13.2 Å². The van der Waals surface area contributed by atoms with Crippen molar-refractivity contribution in [2.75, 3.05) is 11.3 Å². The lowest BCUT2D eigenvalue weighted by Crippen LogP contribution is -2.14. The summed E-state index contributed by atoms with van der Waals surface area (Å²) < 4.78 is 33.0. The second kappa shape index (κ2) is 7.17. The lowest BCUT2D eigenvalue weighted by molar-refractivity contribution is 0.0525. The largest absolute Gasteiger partial charge is 0.462 e. The molecule has 3 aromatic rings. The van der Waals surface area contributed by atoms with Gasteiger partial charge < -0.3 is 4.74 Å². The molecular weight excluding hydrogens is 350 g/mol. The number of carbonyl (C=O) groups is 1. The lowest BCUT2D eigenvalue weighted by atomic mass is 10.1. The third kappa shape index (κ3) is 3.70. The second-order valence-electron chi connectivity index (χ2n) is 5.86. The first-order valence-corrected chi connectivity index (χ1v) is 9.68. The van der Waals surface area contributed by atoms with Gasteiger partial charge in [-0.05, 0) is 54.4 Å². The molecule has 0 amide bonds. The van der Waals surface area contributed by atoms with Crippen LogP contribution in [0.25, 0.3) is 10.8 Å². The van der Waals surface area contributed by atoms with E-state index in [0.29, 0.717) is 11.3 Å². The molecule has 0 atom stereocenters. The highest BCUT2D eigenvalue weighted by molar-refractivity contribution is 7.92. The fourth-order valence-corrected chi connectivity index (χ4v) is 3.75. The predicted molar refractivity (Wildman–Crippen MR) is 102 cm³/mol. The zero-order valence-corrected chi connectivity index (χ0v) is 15.3. The highest BCUT2D eigenvalue weighted by Crippen LogP contribution is 2.23. The van der Waals surface area contributed by atoms with Gasteiger partial charge in [-0.3, -0.25) is 4.72 Å². The molecule has 134 valence electrons. The number of hydrogen-bond acceptors (Lipinski definition) is 4. The molecule has 0 radical (unpaired) electrons. The molecule has 3 rings (SSSR count). The minimum Gasteiger partial charge on any atom is -0.462 e. The van der Waals surface area contributed by atoms with Gasteiger partial charge in [0, 0.05) is 5.69 Å². The Labute approximate surface area is 152 Å². The van der Waals surface area contributed by atoms with Crippen molar-refractivity contribution in [3.8, 4) is 0 Å². The third-order valence-electron chi connectivity index (χ3n) is 4.02. The maximum atomic E-state index is 12.7. The Morgan fingerprint density at radius 1 is 1.00 bits per heavy atom. The number of hydrogen-bond donors (Lipinski definition) is 1. The number of rotatable bonds is 5. The van der Waals surface area contributed by atoms with E-state index in [0.717, 1.165) is 16.3 Å². The van der Waals surface area contributed by atoms with E-state index >= 15 is 0 Å². The van der Waals surface area contributed by atoms with Crippen molar-refractivity contribution in [1.29, 1.82) is 0 Å². The molecule has 0 aliphatic rings. The number of fused-ring (bicyclic) bond motifs is 1. The van der Waals surface area contributed by atoms with Gasteiger partial charge in [0.25, 0.3) is 10.0 Å². The maximum absolute atomic E-state index is 12.7. The molecule has 0 fully saturated rings. The third-order valence-corrected chi connectivity index (χ3v) is 5.40. The normalized spacial score (nSPS) is 11.3. The molecule has 0 heterocycles. The summed E-state index contributed by atoms with van der Waals surface area (Å²) in [6.45, 7) is 3.75. The minimum absolute atomic E-state index is 0.162. The van der Waals surface area contributed by atoms with Gasteiger partial charge >= 0.3 is 5.97 Å². The molecule has 1 N–H and O–H groups in total. The van der Waals surface area contributed by atoms with E-state index < -0.39 is 16.0 Å². The van der Waals surface area contributed by atoms with Crippen LogP contribution in [-0.4, -0.2) is 21.0 Å². The number of ether oxygens (including phenoxy) is 1. The van der Waals surface area contributed by atoms with Crippen LogP contribution in [0.5, 0.6) is 0 Å². The van der Waals surface area contributed by atoms with Crippen molar-refractivity contribution in [2.24, 2.45) is 0 Å². The van der Waals surface area contributed by atoms with Crippen LogP contribution >= 0.6 is 0 Å². The summed E-state index contributed by atoms with van der Waals surface area (Å²) in [6.07, 6.45) is 0. The summed E-state index contributed by atoms with van der Waals surface area (Å²) in [4.78, 5) is 12.2. The first-order valence-electron chi connectivity index (χ1n) is 8.20. The minimum atomic E-state index is -3.77. The molecular formula is C20H19NO4S. The summed E-state index contributed by atoms with van der Waals surface area (Å²) in [7, 11) is -3.77. The summed E-state index contributed by atoms with van der Waals surface area (Å²) >= 11 is 0. The average Bonchev–Trinajstić information content (AvgIpc) is 2.63. The van der Waals surface area contributed by atoms with Crippen LogP contribution in [0.1, 0.15) is 22.8 Å². The molecule has 6 heteroatoms. The maximum Gasteiger partial charge on any atom is 0.338 e. The van der Waals surface area contributed by atoms with Crippen molar-refractivity contribution in [1.82, 2.24) is 0 Å². The van der Waals surface area contributed by atoms with Crippen LogP contribution in [0.2, 0.25) is 0 Å². The molecule has 0 unspecified atom stereocenters. The van der Waals surface area contributed by atoms with Crippen molar-refractivity contribution in [3.63, 3.8) is 0 Å². The van der Waals surface area contributed by atoms with Crippen LogP contribution in [0.3, 0.4) is 0 Å². The Balaban J connectivity index is 1.93. The lowest BCUT2D eigenvalue weighted by Gasteiger charge is -2.11. The van der Waals surface area contributed by atoms with Crippen LogP contribution in [-0.2, 0) is 14.8 Å². The quantitative estimate of drug-likeness (QED) is 0.687. The monoisotopic (exact) mass is 369 g/mol. The fraction of sp³-hybridized carbons (Fsp3) is 0.150. The van der Waals surface area contributed by atoms with Gasteiger partial charge in [0.05, 0.1) is 17.1 Å². The molecule has 0 bridgehead atoms. The topological polar surface area (TPSA) is 72.5 Å². The van der Waals surface area contributed by atoms with E-state index in [1.54, 1.807) is 44.2 Å². The number of anilines is 1. The van der Waals surface area contributed by atoms with Gasteiger partial charge in [0.15, 0.2) is 0 Å². The van der Waals surface area contributed by atoms with E-state index in [9.17, 15) is 13.2 Å². The van der Waals surface area contributed by atoms with Crippen LogP contribution in [0.4, 0.5) is 5.69 Å². The molecule has 0 aliphatic carbocycles. The first-order chi connectivity index (χ1) is 12.4. The SMILES string of the molecule is CCOC(=O)c1cc(NS(=O)(=O)c2ccc3ccccc3c2)ccc1C. The van der Waals surface area contributed by atoms with Gasteiger partial charge in [-0.1, -0.05) is 36.4 Å². The van der Waals surface area contributed by atoms with E-state index in [2.05, 4.69) is 4.72 Å². The summed E-state index contributed by atoms with van der Waals surface area (Å²) in [5, 5.41) is 1.80. The Bertz CT molecular complexity index is 1070. The Kier molecular flexibility index (Phi) is 4.95. The van der Waals surface area contributed by atoms with Crippen LogP contribution in [0, 0.1) is 6.92 Å². The summed E-state index contributed by atoms with van der Waals surface area (Å²) in [5.41, 5.74) is 1.37. The van der Waals surface area contributed by atoms with Crippen molar-refractivity contribution in [2.45, 2.75) is 18.7 Å². The first kappa shape index (κ1) is 17.9. The van der Waals surface area contributed by atoms with Gasteiger partial charge in [0.1, 0.15) is 0 Å². The van der Waals surface area contributed by atoms with Gasteiger partial charge in [-0.2, -0.15) is 0 Å². The van der Waals surface area contributed by atoms with E-state index in [-0.39, 0.29) is 11.5 Å². The Hall–Kier alpha value is -2.86. The molecule has 26 heavy (non-hydrogen) atoms. The molecule has 0 spiro atoms. The Morgan fingerprint density at radius 2 is 1.73 bits per heavy atom.